The highest BCUT2D eigenvalue weighted by atomic mass is 32.2. The number of rotatable bonds is 6. The summed E-state index contributed by atoms with van der Waals surface area (Å²) in [6.45, 7) is 5.88. The average molecular weight is 447 g/mol. The monoisotopic (exact) mass is 446 g/mol. The summed E-state index contributed by atoms with van der Waals surface area (Å²) in [4.78, 5) is 25.3. The van der Waals surface area contributed by atoms with E-state index in [-0.39, 0.29) is 34.1 Å². The summed E-state index contributed by atoms with van der Waals surface area (Å²) in [6.07, 6.45) is 1.00. The zero-order chi connectivity index (χ0) is 21.9. The Bertz CT molecular complexity index is 1080. The van der Waals surface area contributed by atoms with Crippen molar-refractivity contribution < 1.29 is 18.0 Å². The van der Waals surface area contributed by atoms with Gasteiger partial charge in [-0.3, -0.25) is 9.59 Å². The molecule has 1 heterocycles. The molecule has 6 nitrogen and oxygen atoms in total. The van der Waals surface area contributed by atoms with E-state index in [0.717, 1.165) is 28.1 Å². The van der Waals surface area contributed by atoms with Crippen LogP contribution in [0.4, 0.5) is 11.4 Å². The maximum Gasteiger partial charge on any atom is 0.225 e. The molecular weight excluding hydrogens is 420 g/mol. The van der Waals surface area contributed by atoms with Crippen LogP contribution in [0.5, 0.6) is 0 Å². The molecule has 0 aliphatic carbocycles. The van der Waals surface area contributed by atoms with Gasteiger partial charge in [-0.25, -0.2) is 8.42 Å². The Morgan fingerprint density at radius 1 is 1.27 bits per heavy atom. The SMILES string of the molecule is CCc1cccc(C)c1NC(=O)CCS(=O)(=O)c1ccc2c(c1)NC(=O)C[C@H](C)S2. The van der Waals surface area contributed by atoms with Crippen molar-refractivity contribution in [1.29, 1.82) is 0 Å². The van der Waals surface area contributed by atoms with Crippen LogP contribution in [0.2, 0.25) is 0 Å². The fraction of sp³-hybridized carbons (Fsp3) is 0.364. The molecule has 2 amide bonds. The molecule has 0 saturated carbocycles. The predicted molar refractivity (Wildman–Crippen MR) is 121 cm³/mol. The van der Waals surface area contributed by atoms with Crippen LogP contribution in [0.25, 0.3) is 0 Å². The maximum absolute atomic E-state index is 12.8. The number of carbonyl (C=O) groups is 2. The smallest absolute Gasteiger partial charge is 0.225 e. The molecule has 0 radical (unpaired) electrons. The zero-order valence-corrected chi connectivity index (χ0v) is 19.0. The number of nitrogens with one attached hydrogen (secondary N) is 2. The van der Waals surface area contributed by atoms with Crippen LogP contribution in [0, 0.1) is 6.92 Å². The zero-order valence-electron chi connectivity index (χ0n) is 17.3. The number of carbonyl (C=O) groups excluding carboxylic acids is 2. The number of hydrogen-bond acceptors (Lipinski definition) is 5. The van der Waals surface area contributed by atoms with Crippen LogP contribution in [0.1, 0.15) is 37.8 Å². The number of thioether (sulfide) groups is 1. The van der Waals surface area contributed by atoms with Gasteiger partial charge in [0.05, 0.1) is 16.3 Å². The fourth-order valence-electron chi connectivity index (χ4n) is 3.37. The lowest BCUT2D eigenvalue weighted by Crippen LogP contribution is -2.19. The fourth-order valence-corrected chi connectivity index (χ4v) is 5.69. The van der Waals surface area contributed by atoms with Crippen molar-refractivity contribution in [2.75, 3.05) is 16.4 Å². The van der Waals surface area contributed by atoms with Crippen LogP contribution in [0.15, 0.2) is 46.2 Å². The van der Waals surface area contributed by atoms with Crippen molar-refractivity contribution >= 4 is 44.8 Å². The molecule has 160 valence electrons. The molecule has 2 aromatic carbocycles. The Morgan fingerprint density at radius 2 is 2.03 bits per heavy atom. The number of benzene rings is 2. The molecule has 0 unspecified atom stereocenters. The van der Waals surface area contributed by atoms with E-state index >= 15 is 0 Å². The van der Waals surface area contributed by atoms with Gasteiger partial charge < -0.3 is 10.6 Å². The molecule has 30 heavy (non-hydrogen) atoms. The number of para-hydroxylation sites is 1. The molecule has 0 aromatic heterocycles. The van der Waals surface area contributed by atoms with E-state index in [1.807, 2.05) is 39.0 Å². The van der Waals surface area contributed by atoms with Crippen LogP contribution >= 0.6 is 11.8 Å². The Hall–Kier alpha value is -2.32. The van der Waals surface area contributed by atoms with Crippen molar-refractivity contribution in [3.8, 4) is 0 Å². The lowest BCUT2D eigenvalue weighted by molar-refractivity contribution is -0.116. The molecule has 0 spiro atoms. The van der Waals surface area contributed by atoms with Crippen molar-refractivity contribution in [2.45, 2.75) is 55.1 Å². The van der Waals surface area contributed by atoms with Gasteiger partial charge >= 0.3 is 0 Å². The number of fused-ring (bicyclic) bond motifs is 1. The molecule has 1 aliphatic rings. The van der Waals surface area contributed by atoms with Gasteiger partial charge in [0.2, 0.25) is 11.8 Å². The summed E-state index contributed by atoms with van der Waals surface area (Å²) in [7, 11) is -3.67. The number of sulfone groups is 1. The third kappa shape index (κ3) is 5.23. The summed E-state index contributed by atoms with van der Waals surface area (Å²) >= 11 is 1.54. The topological polar surface area (TPSA) is 92.3 Å². The van der Waals surface area contributed by atoms with E-state index in [4.69, 9.17) is 0 Å². The highest BCUT2D eigenvalue weighted by Crippen LogP contribution is 2.36. The minimum Gasteiger partial charge on any atom is -0.326 e. The largest absolute Gasteiger partial charge is 0.326 e. The second-order valence-electron chi connectivity index (χ2n) is 7.42. The lowest BCUT2D eigenvalue weighted by Gasteiger charge is -2.13. The maximum atomic E-state index is 12.8. The Balaban J connectivity index is 1.72. The standard InChI is InChI=1S/C22H26N2O4S2/c1-4-16-7-5-6-14(2)22(16)24-20(25)10-11-30(27,28)17-8-9-19-18(13-17)23-21(26)12-15(3)29-19/h5-9,13,15H,4,10-12H2,1-3H3,(H,23,26)(H,24,25)/t15-/m0/s1. The van der Waals surface area contributed by atoms with Gasteiger partial charge in [0.1, 0.15) is 0 Å². The van der Waals surface area contributed by atoms with Crippen LogP contribution < -0.4 is 10.6 Å². The highest BCUT2D eigenvalue weighted by Gasteiger charge is 2.23. The lowest BCUT2D eigenvalue weighted by atomic mass is 10.1. The summed E-state index contributed by atoms with van der Waals surface area (Å²) in [5, 5.41) is 5.75. The van der Waals surface area contributed by atoms with Gasteiger partial charge in [-0.2, -0.15) is 0 Å². The van der Waals surface area contributed by atoms with E-state index in [2.05, 4.69) is 10.6 Å². The van der Waals surface area contributed by atoms with Crippen molar-refractivity contribution in [2.24, 2.45) is 0 Å². The third-order valence-electron chi connectivity index (χ3n) is 4.99. The second-order valence-corrected chi connectivity index (χ2v) is 11.0. The molecule has 3 rings (SSSR count). The van der Waals surface area contributed by atoms with E-state index in [9.17, 15) is 18.0 Å². The molecule has 0 bridgehead atoms. The molecule has 2 aromatic rings. The van der Waals surface area contributed by atoms with Crippen molar-refractivity contribution in [3.63, 3.8) is 0 Å². The summed E-state index contributed by atoms with van der Waals surface area (Å²) in [5.41, 5.74) is 3.21. The predicted octanol–water partition coefficient (Wildman–Crippen LogP) is 4.18. The number of amides is 2. The first-order valence-electron chi connectivity index (χ1n) is 9.91. The van der Waals surface area contributed by atoms with E-state index in [1.165, 1.54) is 17.8 Å². The molecular formula is C22H26N2O4S2. The molecule has 0 saturated heterocycles. The van der Waals surface area contributed by atoms with Crippen LogP contribution in [0.3, 0.4) is 0 Å². The van der Waals surface area contributed by atoms with Gasteiger partial charge in [-0.1, -0.05) is 32.0 Å². The van der Waals surface area contributed by atoms with Gasteiger partial charge in [-0.15, -0.1) is 11.8 Å². The summed E-state index contributed by atoms with van der Waals surface area (Å²) < 4.78 is 25.6. The first-order chi connectivity index (χ1) is 14.2. The van der Waals surface area contributed by atoms with E-state index in [0.29, 0.717) is 12.1 Å². The number of anilines is 2. The van der Waals surface area contributed by atoms with E-state index < -0.39 is 9.84 Å². The Labute approximate surface area is 181 Å². The van der Waals surface area contributed by atoms with Gasteiger partial charge in [0.25, 0.3) is 0 Å². The molecule has 1 atom stereocenters. The first-order valence-corrected chi connectivity index (χ1v) is 12.4. The highest BCUT2D eigenvalue weighted by molar-refractivity contribution is 8.00. The molecule has 0 fully saturated rings. The minimum atomic E-state index is -3.67. The van der Waals surface area contributed by atoms with Crippen molar-refractivity contribution in [1.82, 2.24) is 0 Å². The number of aryl methyl sites for hydroxylation is 2. The molecule has 2 N–H and O–H groups in total. The third-order valence-corrected chi connectivity index (χ3v) is 7.88. The Kier molecular flexibility index (Phi) is 6.88. The second kappa shape index (κ2) is 9.22. The molecule has 8 heteroatoms. The average Bonchev–Trinajstić information content (AvgIpc) is 2.83. The summed E-state index contributed by atoms with van der Waals surface area (Å²) in [5.74, 6) is -0.773. The molecule has 1 aliphatic heterocycles. The number of hydrogen-bond donors (Lipinski definition) is 2. The van der Waals surface area contributed by atoms with Gasteiger partial charge in [0, 0.05) is 28.7 Å². The van der Waals surface area contributed by atoms with Gasteiger partial charge in [0.15, 0.2) is 9.84 Å². The minimum absolute atomic E-state index is 0.106. The van der Waals surface area contributed by atoms with E-state index in [1.54, 1.807) is 12.1 Å². The normalized spacial score (nSPS) is 16.4. The summed E-state index contributed by atoms with van der Waals surface area (Å²) in [6, 6.07) is 10.5. The van der Waals surface area contributed by atoms with Crippen molar-refractivity contribution in [3.05, 3.63) is 47.5 Å². The van der Waals surface area contributed by atoms with Crippen LogP contribution in [-0.2, 0) is 25.8 Å². The van der Waals surface area contributed by atoms with Crippen LogP contribution in [-0.4, -0.2) is 31.2 Å². The van der Waals surface area contributed by atoms with Gasteiger partial charge in [-0.05, 0) is 42.7 Å². The Morgan fingerprint density at radius 3 is 2.77 bits per heavy atom. The first kappa shape index (κ1) is 22.4. The quantitative estimate of drug-likeness (QED) is 0.694.